The summed E-state index contributed by atoms with van der Waals surface area (Å²) in [6, 6.07) is 5.04. The lowest BCUT2D eigenvalue weighted by atomic mass is 10.0. The van der Waals surface area contributed by atoms with Crippen molar-refractivity contribution in [1.82, 2.24) is 5.32 Å². The number of rotatable bonds is 6. The third-order valence-electron chi connectivity index (χ3n) is 2.76. The third-order valence-corrected chi connectivity index (χ3v) is 2.76. The lowest BCUT2D eigenvalue weighted by Gasteiger charge is -2.10. The van der Waals surface area contributed by atoms with Gasteiger partial charge in [0.05, 0.1) is 0 Å². The van der Waals surface area contributed by atoms with E-state index in [9.17, 15) is 18.0 Å². The van der Waals surface area contributed by atoms with Crippen LogP contribution in [0, 0.1) is 6.92 Å². The standard InChI is InChI=1S/C13H17F3N2O/c1-9-7-10(12(17)19)3-4-11(9)8-18-6-2-5-13(14,15)16/h3-4,7,18H,2,5-6,8H2,1H3,(H2,17,19). The van der Waals surface area contributed by atoms with E-state index in [1.165, 1.54) is 0 Å². The van der Waals surface area contributed by atoms with Crippen LogP contribution in [0.15, 0.2) is 18.2 Å². The molecule has 0 aromatic heterocycles. The molecule has 0 aliphatic carbocycles. The second-order valence-corrected chi connectivity index (χ2v) is 4.40. The van der Waals surface area contributed by atoms with Gasteiger partial charge in [-0.25, -0.2) is 0 Å². The van der Waals surface area contributed by atoms with Crippen molar-refractivity contribution in [2.24, 2.45) is 5.73 Å². The van der Waals surface area contributed by atoms with E-state index in [-0.39, 0.29) is 6.42 Å². The smallest absolute Gasteiger partial charge is 0.366 e. The van der Waals surface area contributed by atoms with E-state index in [1.807, 2.05) is 6.92 Å². The summed E-state index contributed by atoms with van der Waals surface area (Å²) in [5.74, 6) is -0.493. The van der Waals surface area contributed by atoms with Gasteiger partial charge in [-0.2, -0.15) is 13.2 Å². The van der Waals surface area contributed by atoms with E-state index < -0.39 is 18.5 Å². The topological polar surface area (TPSA) is 55.1 Å². The summed E-state index contributed by atoms with van der Waals surface area (Å²) in [5, 5.41) is 2.95. The van der Waals surface area contributed by atoms with Crippen molar-refractivity contribution in [3.8, 4) is 0 Å². The van der Waals surface area contributed by atoms with E-state index in [4.69, 9.17) is 5.73 Å². The number of nitrogens with two attached hydrogens (primary N) is 1. The molecule has 3 nitrogen and oxygen atoms in total. The lowest BCUT2D eigenvalue weighted by molar-refractivity contribution is -0.135. The van der Waals surface area contributed by atoms with Gasteiger partial charge in [-0.3, -0.25) is 4.79 Å². The van der Waals surface area contributed by atoms with Gasteiger partial charge in [-0.15, -0.1) is 0 Å². The van der Waals surface area contributed by atoms with Crippen molar-refractivity contribution in [2.75, 3.05) is 6.54 Å². The Balaban J connectivity index is 2.40. The summed E-state index contributed by atoms with van der Waals surface area (Å²) in [6.45, 7) is 2.61. The Morgan fingerprint density at radius 1 is 1.37 bits per heavy atom. The van der Waals surface area contributed by atoms with Crippen LogP contribution in [0.25, 0.3) is 0 Å². The molecule has 6 heteroatoms. The number of carbonyl (C=O) groups excluding carboxylic acids is 1. The van der Waals surface area contributed by atoms with Crippen LogP contribution in [-0.4, -0.2) is 18.6 Å². The molecule has 3 N–H and O–H groups in total. The Bertz CT molecular complexity index is 444. The van der Waals surface area contributed by atoms with Crippen LogP contribution >= 0.6 is 0 Å². The van der Waals surface area contributed by atoms with Crippen LogP contribution in [-0.2, 0) is 6.54 Å². The maximum Gasteiger partial charge on any atom is 0.389 e. The Labute approximate surface area is 110 Å². The van der Waals surface area contributed by atoms with Gasteiger partial charge in [0.1, 0.15) is 0 Å². The summed E-state index contributed by atoms with van der Waals surface area (Å²) < 4.78 is 35.8. The molecule has 0 radical (unpaired) electrons. The lowest BCUT2D eigenvalue weighted by Crippen LogP contribution is -2.18. The first-order valence-electron chi connectivity index (χ1n) is 5.96. The molecule has 0 bridgehead atoms. The average molecular weight is 274 g/mol. The Kier molecular flexibility index (Phi) is 5.35. The van der Waals surface area contributed by atoms with Crippen molar-refractivity contribution in [3.05, 3.63) is 34.9 Å². The molecule has 1 amide bonds. The number of hydrogen-bond donors (Lipinski definition) is 2. The van der Waals surface area contributed by atoms with E-state index in [1.54, 1.807) is 18.2 Å². The number of carbonyl (C=O) groups is 1. The molecule has 0 unspecified atom stereocenters. The number of amides is 1. The summed E-state index contributed by atoms with van der Waals surface area (Å²) in [5.41, 5.74) is 7.41. The highest BCUT2D eigenvalue weighted by Crippen LogP contribution is 2.20. The SMILES string of the molecule is Cc1cc(C(N)=O)ccc1CNCCCC(F)(F)F. The van der Waals surface area contributed by atoms with Crippen molar-refractivity contribution >= 4 is 5.91 Å². The second-order valence-electron chi connectivity index (χ2n) is 4.40. The van der Waals surface area contributed by atoms with E-state index in [0.29, 0.717) is 18.7 Å². The quantitative estimate of drug-likeness (QED) is 0.783. The molecular formula is C13H17F3N2O. The molecule has 19 heavy (non-hydrogen) atoms. The van der Waals surface area contributed by atoms with Crippen molar-refractivity contribution in [2.45, 2.75) is 32.5 Å². The summed E-state index contributed by atoms with van der Waals surface area (Å²) in [7, 11) is 0. The molecule has 0 spiro atoms. The van der Waals surface area contributed by atoms with Gasteiger partial charge in [0.2, 0.25) is 5.91 Å². The predicted molar refractivity (Wildman–Crippen MR) is 66.7 cm³/mol. The third kappa shape index (κ3) is 5.74. The first kappa shape index (κ1) is 15.5. The van der Waals surface area contributed by atoms with Gasteiger partial charge in [-0.05, 0) is 43.1 Å². The highest BCUT2D eigenvalue weighted by molar-refractivity contribution is 5.93. The summed E-state index contributed by atoms with van der Waals surface area (Å²) >= 11 is 0. The summed E-state index contributed by atoms with van der Waals surface area (Å²) in [6.07, 6.45) is -4.82. The highest BCUT2D eigenvalue weighted by atomic mass is 19.4. The van der Waals surface area contributed by atoms with Crippen LogP contribution < -0.4 is 11.1 Å². The van der Waals surface area contributed by atoms with Gasteiger partial charge in [0, 0.05) is 18.5 Å². The monoisotopic (exact) mass is 274 g/mol. The van der Waals surface area contributed by atoms with E-state index >= 15 is 0 Å². The molecular weight excluding hydrogens is 257 g/mol. The molecule has 0 aliphatic heterocycles. The molecule has 0 aliphatic rings. The molecule has 1 rings (SSSR count). The molecule has 0 fully saturated rings. The highest BCUT2D eigenvalue weighted by Gasteiger charge is 2.25. The summed E-state index contributed by atoms with van der Waals surface area (Å²) in [4.78, 5) is 11.0. The average Bonchev–Trinajstić information content (AvgIpc) is 2.28. The fourth-order valence-electron chi connectivity index (χ4n) is 1.68. The second kappa shape index (κ2) is 6.56. The predicted octanol–water partition coefficient (Wildman–Crippen LogP) is 2.53. The maximum atomic E-state index is 11.9. The minimum atomic E-state index is -4.10. The van der Waals surface area contributed by atoms with Crippen LogP contribution in [0.4, 0.5) is 13.2 Å². The van der Waals surface area contributed by atoms with Gasteiger partial charge >= 0.3 is 6.18 Å². The zero-order valence-corrected chi connectivity index (χ0v) is 10.7. The zero-order chi connectivity index (χ0) is 14.5. The van der Waals surface area contributed by atoms with Crippen LogP contribution in [0.5, 0.6) is 0 Å². The van der Waals surface area contributed by atoms with Gasteiger partial charge in [0.15, 0.2) is 0 Å². The Hall–Kier alpha value is -1.56. The molecule has 0 saturated heterocycles. The van der Waals surface area contributed by atoms with Gasteiger partial charge < -0.3 is 11.1 Å². The Morgan fingerprint density at radius 3 is 2.58 bits per heavy atom. The van der Waals surface area contributed by atoms with Gasteiger partial charge in [-0.1, -0.05) is 6.07 Å². The van der Waals surface area contributed by atoms with Crippen LogP contribution in [0.1, 0.15) is 34.3 Å². The maximum absolute atomic E-state index is 11.9. The van der Waals surface area contributed by atoms with E-state index in [0.717, 1.165) is 11.1 Å². The molecule has 0 heterocycles. The first-order valence-corrected chi connectivity index (χ1v) is 5.96. The number of aryl methyl sites for hydroxylation is 1. The number of hydrogen-bond acceptors (Lipinski definition) is 2. The minimum absolute atomic E-state index is 0.0575. The molecule has 0 saturated carbocycles. The number of benzene rings is 1. The van der Waals surface area contributed by atoms with Crippen molar-refractivity contribution in [3.63, 3.8) is 0 Å². The van der Waals surface area contributed by atoms with E-state index in [2.05, 4.69) is 5.32 Å². The zero-order valence-electron chi connectivity index (χ0n) is 10.7. The van der Waals surface area contributed by atoms with Crippen molar-refractivity contribution < 1.29 is 18.0 Å². The largest absolute Gasteiger partial charge is 0.389 e. The molecule has 0 atom stereocenters. The number of primary amides is 1. The number of alkyl halides is 3. The van der Waals surface area contributed by atoms with Crippen molar-refractivity contribution in [1.29, 1.82) is 0 Å². The molecule has 1 aromatic carbocycles. The minimum Gasteiger partial charge on any atom is -0.366 e. The normalized spacial score (nSPS) is 11.6. The fraction of sp³-hybridized carbons (Fsp3) is 0.462. The number of nitrogens with one attached hydrogen (secondary N) is 1. The first-order chi connectivity index (χ1) is 8.79. The van der Waals surface area contributed by atoms with Gasteiger partial charge in [0.25, 0.3) is 0 Å². The molecule has 106 valence electrons. The molecule has 1 aromatic rings. The van der Waals surface area contributed by atoms with Crippen LogP contribution in [0.2, 0.25) is 0 Å². The number of halogens is 3. The Morgan fingerprint density at radius 2 is 2.05 bits per heavy atom. The fourth-order valence-corrected chi connectivity index (χ4v) is 1.68. The van der Waals surface area contributed by atoms with Crippen LogP contribution in [0.3, 0.4) is 0 Å².